The van der Waals surface area contributed by atoms with E-state index in [9.17, 15) is 9.90 Å². The van der Waals surface area contributed by atoms with Crippen molar-refractivity contribution in [2.75, 3.05) is 19.5 Å². The summed E-state index contributed by atoms with van der Waals surface area (Å²) in [5.74, 6) is 0.738. The second kappa shape index (κ2) is 7.18. The lowest BCUT2D eigenvalue weighted by molar-refractivity contribution is 0.102. The van der Waals surface area contributed by atoms with Crippen LogP contribution in [-0.4, -0.2) is 35.2 Å². The van der Waals surface area contributed by atoms with Crippen LogP contribution in [0.15, 0.2) is 41.9 Å². The molecule has 128 valence electrons. The Balaban J connectivity index is 1.83. The fourth-order valence-electron chi connectivity index (χ4n) is 2.14. The molecule has 8 heteroatoms. The number of rotatable bonds is 5. The van der Waals surface area contributed by atoms with Crippen LogP contribution in [0.5, 0.6) is 17.2 Å². The number of methoxy groups -OCH3 is 2. The molecule has 0 atom stereocenters. The molecule has 0 aliphatic rings. The molecular weight excluding hydrogens is 342 g/mol. The van der Waals surface area contributed by atoms with Crippen LogP contribution in [0.4, 0.5) is 5.82 Å². The van der Waals surface area contributed by atoms with E-state index < -0.39 is 5.91 Å². The van der Waals surface area contributed by atoms with Crippen molar-refractivity contribution in [3.05, 3.63) is 47.6 Å². The second-order valence-corrected chi connectivity index (χ2v) is 5.79. The highest BCUT2D eigenvalue weighted by Crippen LogP contribution is 2.33. The Labute approximate surface area is 147 Å². The van der Waals surface area contributed by atoms with Crippen LogP contribution in [0.2, 0.25) is 0 Å². The molecular formula is C17H15N3O4S. The number of carbonyl (C=O) groups excluding carboxylic acids is 1. The number of hydrogen-bond acceptors (Lipinski definition) is 7. The largest absolute Gasteiger partial charge is 0.504 e. The highest BCUT2D eigenvalue weighted by molar-refractivity contribution is 7.13. The maximum atomic E-state index is 12.3. The van der Waals surface area contributed by atoms with Crippen LogP contribution in [-0.2, 0) is 0 Å². The first-order valence-electron chi connectivity index (χ1n) is 7.25. The number of amides is 1. The minimum absolute atomic E-state index is 0.0909. The van der Waals surface area contributed by atoms with E-state index in [4.69, 9.17) is 9.47 Å². The molecule has 25 heavy (non-hydrogen) atoms. The van der Waals surface area contributed by atoms with Gasteiger partial charge in [-0.1, -0.05) is 0 Å². The predicted octanol–water partition coefficient (Wildman–Crippen LogP) is 3.18. The van der Waals surface area contributed by atoms with Gasteiger partial charge in [-0.2, -0.15) is 0 Å². The van der Waals surface area contributed by atoms with Gasteiger partial charge in [-0.05, 0) is 30.3 Å². The molecule has 3 aromatic rings. The highest BCUT2D eigenvalue weighted by atomic mass is 32.1. The van der Waals surface area contributed by atoms with E-state index in [-0.39, 0.29) is 17.3 Å². The summed E-state index contributed by atoms with van der Waals surface area (Å²) in [6.07, 6.45) is 1.48. The molecule has 1 amide bonds. The van der Waals surface area contributed by atoms with Gasteiger partial charge in [0.1, 0.15) is 10.7 Å². The Bertz CT molecular complexity index is 910. The first-order valence-corrected chi connectivity index (χ1v) is 8.13. The number of nitrogens with zero attached hydrogens (tertiary/aromatic N) is 2. The van der Waals surface area contributed by atoms with Gasteiger partial charge in [0.2, 0.25) is 0 Å². The maximum Gasteiger partial charge on any atom is 0.276 e. The highest BCUT2D eigenvalue weighted by Gasteiger charge is 2.15. The number of thiazole rings is 1. The lowest BCUT2D eigenvalue weighted by atomic mass is 10.2. The number of aromatic nitrogens is 2. The van der Waals surface area contributed by atoms with Crippen LogP contribution in [0.3, 0.4) is 0 Å². The van der Waals surface area contributed by atoms with Crippen molar-refractivity contribution in [1.29, 1.82) is 0 Å². The van der Waals surface area contributed by atoms with Gasteiger partial charge in [-0.25, -0.2) is 9.97 Å². The molecule has 0 fully saturated rings. The van der Waals surface area contributed by atoms with Gasteiger partial charge in [0.25, 0.3) is 5.91 Å². The summed E-state index contributed by atoms with van der Waals surface area (Å²) < 4.78 is 10.5. The fourth-order valence-corrected chi connectivity index (χ4v) is 2.94. The van der Waals surface area contributed by atoms with Crippen molar-refractivity contribution >= 4 is 23.1 Å². The quantitative estimate of drug-likeness (QED) is 0.728. The van der Waals surface area contributed by atoms with E-state index in [2.05, 4.69) is 15.3 Å². The normalized spacial score (nSPS) is 10.3. The lowest BCUT2D eigenvalue weighted by Gasteiger charge is -2.08. The van der Waals surface area contributed by atoms with Crippen LogP contribution in [0.25, 0.3) is 10.6 Å². The van der Waals surface area contributed by atoms with Gasteiger partial charge in [-0.15, -0.1) is 11.3 Å². The van der Waals surface area contributed by atoms with Crippen molar-refractivity contribution in [2.45, 2.75) is 0 Å². The van der Waals surface area contributed by atoms with E-state index in [1.54, 1.807) is 37.8 Å². The number of anilines is 1. The van der Waals surface area contributed by atoms with Crippen molar-refractivity contribution in [1.82, 2.24) is 9.97 Å². The number of aromatic hydroxyl groups is 1. The Hall–Kier alpha value is -3.13. The van der Waals surface area contributed by atoms with Crippen molar-refractivity contribution in [3.63, 3.8) is 0 Å². The van der Waals surface area contributed by atoms with Crippen LogP contribution in [0.1, 0.15) is 10.5 Å². The van der Waals surface area contributed by atoms with Crippen molar-refractivity contribution in [2.24, 2.45) is 0 Å². The monoisotopic (exact) mass is 357 g/mol. The Morgan fingerprint density at radius 2 is 2.00 bits per heavy atom. The summed E-state index contributed by atoms with van der Waals surface area (Å²) in [7, 11) is 3.12. The average molecular weight is 357 g/mol. The zero-order chi connectivity index (χ0) is 17.8. The smallest absolute Gasteiger partial charge is 0.276 e. The van der Waals surface area contributed by atoms with Crippen molar-refractivity contribution < 1.29 is 19.4 Å². The summed E-state index contributed by atoms with van der Waals surface area (Å²) in [5, 5.41) is 14.5. The van der Waals surface area contributed by atoms with Crippen LogP contribution >= 0.6 is 11.3 Å². The predicted molar refractivity (Wildman–Crippen MR) is 94.5 cm³/mol. The SMILES string of the molecule is COc1ccc(-c2nc(C(=O)Nc3ncccc3O)cs2)cc1OC. The van der Waals surface area contributed by atoms with E-state index in [0.29, 0.717) is 16.5 Å². The van der Waals surface area contributed by atoms with Gasteiger partial charge >= 0.3 is 0 Å². The Morgan fingerprint density at radius 1 is 1.20 bits per heavy atom. The standard InChI is InChI=1S/C17H15N3O4S/c1-23-13-6-5-10(8-14(13)24-2)17-19-11(9-25-17)16(22)20-15-12(21)4-3-7-18-15/h3-9,21H,1-2H3,(H,18,20,22). The first kappa shape index (κ1) is 16.7. The van der Waals surface area contributed by atoms with E-state index in [1.807, 2.05) is 6.07 Å². The van der Waals surface area contributed by atoms with Gasteiger partial charge < -0.3 is 19.9 Å². The number of hydrogen-bond donors (Lipinski definition) is 2. The Morgan fingerprint density at radius 3 is 2.72 bits per heavy atom. The molecule has 1 aromatic carbocycles. The molecule has 0 spiro atoms. The molecule has 0 unspecified atom stereocenters. The zero-order valence-electron chi connectivity index (χ0n) is 13.5. The molecule has 0 aliphatic carbocycles. The maximum absolute atomic E-state index is 12.3. The third-order valence-corrected chi connectivity index (χ3v) is 4.28. The van der Waals surface area contributed by atoms with Gasteiger partial charge in [-0.3, -0.25) is 4.79 Å². The molecule has 2 N–H and O–H groups in total. The third-order valence-electron chi connectivity index (χ3n) is 3.39. The molecule has 0 saturated carbocycles. The summed E-state index contributed by atoms with van der Waals surface area (Å²) in [4.78, 5) is 20.5. The number of benzene rings is 1. The van der Waals surface area contributed by atoms with Crippen LogP contribution in [0, 0.1) is 0 Å². The van der Waals surface area contributed by atoms with Gasteiger partial charge in [0.15, 0.2) is 23.1 Å². The number of carbonyl (C=O) groups is 1. The number of nitrogens with one attached hydrogen (secondary N) is 1. The van der Waals surface area contributed by atoms with Crippen molar-refractivity contribution in [3.8, 4) is 27.8 Å². The van der Waals surface area contributed by atoms with E-state index >= 15 is 0 Å². The summed E-state index contributed by atoms with van der Waals surface area (Å²) in [6.45, 7) is 0. The van der Waals surface area contributed by atoms with E-state index in [1.165, 1.54) is 23.6 Å². The summed E-state index contributed by atoms with van der Waals surface area (Å²) in [6, 6.07) is 8.43. The molecule has 7 nitrogen and oxygen atoms in total. The molecule has 0 radical (unpaired) electrons. The fraction of sp³-hybridized carbons (Fsp3) is 0.118. The third kappa shape index (κ3) is 3.53. The number of pyridine rings is 1. The molecule has 2 aromatic heterocycles. The topological polar surface area (TPSA) is 93.6 Å². The molecule has 3 rings (SSSR count). The van der Waals surface area contributed by atoms with E-state index in [0.717, 1.165) is 5.56 Å². The molecule has 0 bridgehead atoms. The summed E-state index contributed by atoms with van der Waals surface area (Å²) >= 11 is 1.33. The minimum atomic E-state index is -0.447. The molecule has 2 heterocycles. The second-order valence-electron chi connectivity index (χ2n) is 4.93. The van der Waals surface area contributed by atoms with Crippen LogP contribution < -0.4 is 14.8 Å². The lowest BCUT2D eigenvalue weighted by Crippen LogP contribution is -2.13. The van der Waals surface area contributed by atoms with Gasteiger partial charge in [0.05, 0.1) is 14.2 Å². The Kier molecular flexibility index (Phi) is 4.80. The zero-order valence-corrected chi connectivity index (χ0v) is 14.3. The minimum Gasteiger partial charge on any atom is -0.504 e. The summed E-state index contributed by atoms with van der Waals surface area (Å²) in [5.41, 5.74) is 1.04. The number of ether oxygens (including phenoxy) is 2. The average Bonchev–Trinajstić information content (AvgIpc) is 3.13. The molecule has 0 saturated heterocycles. The van der Waals surface area contributed by atoms with Gasteiger partial charge in [0, 0.05) is 17.1 Å². The molecule has 0 aliphatic heterocycles. The first-order chi connectivity index (χ1) is 12.1.